The Labute approximate surface area is 191 Å². The Morgan fingerprint density at radius 3 is 2.50 bits per heavy atom. The van der Waals surface area contributed by atoms with Gasteiger partial charge < -0.3 is 9.47 Å². The van der Waals surface area contributed by atoms with E-state index in [-0.39, 0.29) is 17.4 Å². The number of carbonyl (C=O) groups excluding carboxylic acids is 2. The summed E-state index contributed by atoms with van der Waals surface area (Å²) in [5, 5.41) is 2.75. The summed E-state index contributed by atoms with van der Waals surface area (Å²) in [6.45, 7) is 1.22. The number of ether oxygens (including phenoxy) is 2. The third-order valence-electron chi connectivity index (χ3n) is 4.04. The van der Waals surface area contributed by atoms with Crippen molar-refractivity contribution in [2.24, 2.45) is 0 Å². The molecule has 0 saturated carbocycles. The fourth-order valence-electron chi connectivity index (χ4n) is 2.57. The highest BCUT2D eigenvalue weighted by atomic mass is 79.9. The van der Waals surface area contributed by atoms with Crippen LogP contribution in [0.2, 0.25) is 10.0 Å². The van der Waals surface area contributed by atoms with Crippen LogP contribution in [0.4, 0.5) is 0 Å². The summed E-state index contributed by atoms with van der Waals surface area (Å²) in [5.41, 5.74) is 4.58. The van der Waals surface area contributed by atoms with Gasteiger partial charge in [0.15, 0.2) is 18.5 Å². The van der Waals surface area contributed by atoms with Crippen molar-refractivity contribution in [2.45, 2.75) is 13.0 Å². The minimum Gasteiger partial charge on any atom is -0.481 e. The molecule has 0 fully saturated rings. The zero-order valence-corrected chi connectivity index (χ0v) is 18.8. The molecule has 9 heteroatoms. The van der Waals surface area contributed by atoms with Crippen molar-refractivity contribution < 1.29 is 19.1 Å². The molecule has 0 spiro atoms. The summed E-state index contributed by atoms with van der Waals surface area (Å²) < 4.78 is 11.5. The van der Waals surface area contributed by atoms with Crippen LogP contribution in [0.15, 0.2) is 59.1 Å². The van der Waals surface area contributed by atoms with E-state index in [1.165, 1.54) is 6.07 Å². The van der Waals surface area contributed by atoms with Gasteiger partial charge in [-0.05, 0) is 57.9 Å². The van der Waals surface area contributed by atoms with Gasteiger partial charge in [-0.3, -0.25) is 20.4 Å². The van der Waals surface area contributed by atoms with E-state index >= 15 is 0 Å². The number of hydrogen-bond acceptors (Lipinski definition) is 4. The van der Waals surface area contributed by atoms with Gasteiger partial charge in [0.05, 0.1) is 9.50 Å². The van der Waals surface area contributed by atoms with Crippen LogP contribution < -0.4 is 20.3 Å². The van der Waals surface area contributed by atoms with Gasteiger partial charge in [0, 0.05) is 5.02 Å². The maximum atomic E-state index is 12.2. The van der Waals surface area contributed by atoms with E-state index in [0.717, 1.165) is 10.8 Å². The molecule has 3 rings (SSSR count). The lowest BCUT2D eigenvalue weighted by Gasteiger charge is -2.16. The molecule has 0 aliphatic carbocycles. The standard InChI is InChI=1S/C21H17BrCl2N2O4/c1-12(30-16-7-6-13-4-2-3-5-14(13)8-16)21(28)26-25-19(27)11-29-20-17(22)9-15(23)10-18(20)24/h2-10,12H,11H2,1H3,(H,25,27)(H,26,28). The van der Waals surface area contributed by atoms with E-state index < -0.39 is 17.9 Å². The van der Waals surface area contributed by atoms with Crippen molar-refractivity contribution >= 4 is 61.7 Å². The predicted molar refractivity (Wildman–Crippen MR) is 120 cm³/mol. The summed E-state index contributed by atoms with van der Waals surface area (Å²) in [6.07, 6.45) is -0.827. The van der Waals surface area contributed by atoms with Gasteiger partial charge in [0.1, 0.15) is 5.75 Å². The lowest BCUT2D eigenvalue weighted by Crippen LogP contribution is -2.48. The van der Waals surface area contributed by atoms with Crippen LogP contribution in [0, 0.1) is 0 Å². The summed E-state index contributed by atoms with van der Waals surface area (Å²) in [6, 6.07) is 16.4. The van der Waals surface area contributed by atoms with Crippen molar-refractivity contribution in [1.29, 1.82) is 0 Å². The molecule has 0 aliphatic rings. The number of fused-ring (bicyclic) bond motifs is 1. The molecule has 0 aliphatic heterocycles. The summed E-state index contributed by atoms with van der Waals surface area (Å²) >= 11 is 15.2. The number of hydrogen-bond donors (Lipinski definition) is 2. The van der Waals surface area contributed by atoms with Crippen molar-refractivity contribution in [3.8, 4) is 11.5 Å². The van der Waals surface area contributed by atoms with Gasteiger partial charge in [0.25, 0.3) is 11.8 Å². The highest BCUT2D eigenvalue weighted by Gasteiger charge is 2.16. The molecule has 0 saturated heterocycles. The molecule has 3 aromatic carbocycles. The van der Waals surface area contributed by atoms with E-state index in [1.807, 2.05) is 36.4 Å². The smallest absolute Gasteiger partial charge is 0.279 e. The van der Waals surface area contributed by atoms with E-state index in [9.17, 15) is 9.59 Å². The fourth-order valence-corrected chi connectivity index (χ4v) is 3.94. The number of nitrogens with one attached hydrogen (secondary N) is 2. The molecular formula is C21H17BrCl2N2O4. The van der Waals surface area contributed by atoms with Crippen LogP contribution in [0.5, 0.6) is 11.5 Å². The normalized spacial score (nSPS) is 11.6. The second-order valence-electron chi connectivity index (χ2n) is 6.29. The quantitative estimate of drug-likeness (QED) is 0.461. The molecule has 1 unspecified atom stereocenters. The SMILES string of the molecule is CC(Oc1ccc2ccccc2c1)C(=O)NNC(=O)COc1c(Cl)cc(Cl)cc1Br. The van der Waals surface area contributed by atoms with Gasteiger partial charge in [-0.25, -0.2) is 0 Å². The molecule has 30 heavy (non-hydrogen) atoms. The Kier molecular flexibility index (Phi) is 7.42. The van der Waals surface area contributed by atoms with Crippen molar-refractivity contribution in [3.05, 3.63) is 69.1 Å². The van der Waals surface area contributed by atoms with E-state index in [0.29, 0.717) is 15.2 Å². The van der Waals surface area contributed by atoms with Crippen molar-refractivity contribution in [1.82, 2.24) is 10.9 Å². The molecule has 2 amide bonds. The number of halogens is 3. The number of rotatable bonds is 6. The fraction of sp³-hybridized carbons (Fsp3) is 0.143. The van der Waals surface area contributed by atoms with Gasteiger partial charge in [0.2, 0.25) is 0 Å². The first-order valence-corrected chi connectivity index (χ1v) is 10.4. The molecule has 0 aromatic heterocycles. The number of carbonyl (C=O) groups is 2. The number of hydrazine groups is 1. The molecule has 0 heterocycles. The van der Waals surface area contributed by atoms with Crippen LogP contribution in [0.3, 0.4) is 0 Å². The molecular weight excluding hydrogens is 495 g/mol. The van der Waals surface area contributed by atoms with Gasteiger partial charge >= 0.3 is 0 Å². The average Bonchev–Trinajstić information content (AvgIpc) is 2.71. The maximum Gasteiger partial charge on any atom is 0.279 e. The topological polar surface area (TPSA) is 76.7 Å². The molecule has 1 atom stereocenters. The van der Waals surface area contributed by atoms with Crippen LogP contribution in [0.1, 0.15) is 6.92 Å². The zero-order valence-electron chi connectivity index (χ0n) is 15.7. The Morgan fingerprint density at radius 2 is 1.77 bits per heavy atom. The van der Waals surface area contributed by atoms with Gasteiger partial charge in [-0.1, -0.05) is 53.5 Å². The summed E-state index contributed by atoms with van der Waals surface area (Å²) in [5.74, 6) is -0.259. The molecule has 0 bridgehead atoms. The molecule has 6 nitrogen and oxygen atoms in total. The summed E-state index contributed by atoms with van der Waals surface area (Å²) in [4.78, 5) is 24.2. The van der Waals surface area contributed by atoms with Crippen molar-refractivity contribution in [3.63, 3.8) is 0 Å². The number of amides is 2. The van der Waals surface area contributed by atoms with Gasteiger partial charge in [-0.2, -0.15) is 0 Å². The highest BCUT2D eigenvalue weighted by Crippen LogP contribution is 2.35. The minimum atomic E-state index is -0.827. The Balaban J connectivity index is 1.48. The molecule has 2 N–H and O–H groups in total. The van der Waals surface area contributed by atoms with Crippen LogP contribution in [-0.2, 0) is 9.59 Å². The van der Waals surface area contributed by atoms with Crippen LogP contribution in [-0.4, -0.2) is 24.5 Å². The van der Waals surface area contributed by atoms with Crippen molar-refractivity contribution in [2.75, 3.05) is 6.61 Å². The van der Waals surface area contributed by atoms with Crippen LogP contribution >= 0.6 is 39.1 Å². The monoisotopic (exact) mass is 510 g/mol. The first kappa shape index (κ1) is 22.2. The Bertz CT molecular complexity index is 1070. The second kappa shape index (κ2) is 10.0. The molecule has 3 aromatic rings. The third-order valence-corrected chi connectivity index (χ3v) is 5.13. The van der Waals surface area contributed by atoms with E-state index in [2.05, 4.69) is 26.8 Å². The van der Waals surface area contributed by atoms with Crippen LogP contribution in [0.25, 0.3) is 10.8 Å². The first-order valence-electron chi connectivity index (χ1n) is 8.85. The predicted octanol–water partition coefficient (Wildman–Crippen LogP) is 4.90. The largest absolute Gasteiger partial charge is 0.481 e. The van der Waals surface area contributed by atoms with Gasteiger partial charge in [-0.15, -0.1) is 0 Å². The maximum absolute atomic E-state index is 12.2. The lowest BCUT2D eigenvalue weighted by atomic mass is 10.1. The Hall–Kier alpha value is -2.48. The molecule has 156 valence electrons. The Morgan fingerprint density at radius 1 is 1.03 bits per heavy atom. The van der Waals surface area contributed by atoms with E-state index in [1.54, 1.807) is 19.1 Å². The summed E-state index contributed by atoms with van der Waals surface area (Å²) in [7, 11) is 0. The first-order chi connectivity index (χ1) is 14.3. The highest BCUT2D eigenvalue weighted by molar-refractivity contribution is 9.10. The lowest BCUT2D eigenvalue weighted by molar-refractivity contribution is -0.133. The second-order valence-corrected chi connectivity index (χ2v) is 7.99. The minimum absolute atomic E-state index is 0.253. The van der Waals surface area contributed by atoms with E-state index in [4.69, 9.17) is 32.7 Å². The average molecular weight is 512 g/mol. The third kappa shape index (κ3) is 5.78. The number of benzene rings is 3. The zero-order chi connectivity index (χ0) is 21.7. The molecule has 0 radical (unpaired) electrons.